The lowest BCUT2D eigenvalue weighted by atomic mass is 9.68. The third-order valence-electron chi connectivity index (χ3n) is 3.78. The zero-order chi connectivity index (χ0) is 14.8. The molecule has 0 radical (unpaired) electrons. The molecule has 1 saturated carbocycles. The molecular formula is C13H20N4O3. The standard InChI is InChI=1S/C13H20N4O3/c1-9-6-10(16-20-9)15-11(18)7-17(2)12(19)13(8-14)4-3-5-13/h6H,3-5,7-8,14H2,1-2H3,(H,15,16,18). The van der Waals surface area contributed by atoms with Crippen LogP contribution in [0.25, 0.3) is 0 Å². The lowest BCUT2D eigenvalue weighted by Gasteiger charge is -2.41. The summed E-state index contributed by atoms with van der Waals surface area (Å²) in [5.74, 6) is 0.602. The van der Waals surface area contributed by atoms with Crippen molar-refractivity contribution in [1.29, 1.82) is 0 Å². The van der Waals surface area contributed by atoms with Crippen molar-refractivity contribution in [2.24, 2.45) is 11.1 Å². The van der Waals surface area contributed by atoms with E-state index in [2.05, 4.69) is 10.5 Å². The van der Waals surface area contributed by atoms with Crippen LogP contribution in [0.1, 0.15) is 25.0 Å². The maximum atomic E-state index is 12.3. The Bertz CT molecular complexity index is 502. The summed E-state index contributed by atoms with van der Waals surface area (Å²) in [5, 5.41) is 6.25. The van der Waals surface area contributed by atoms with E-state index >= 15 is 0 Å². The number of carbonyl (C=O) groups is 2. The number of aryl methyl sites for hydroxylation is 1. The third-order valence-corrected chi connectivity index (χ3v) is 3.78. The van der Waals surface area contributed by atoms with Crippen molar-refractivity contribution in [1.82, 2.24) is 10.1 Å². The van der Waals surface area contributed by atoms with Crippen molar-refractivity contribution in [3.05, 3.63) is 11.8 Å². The minimum absolute atomic E-state index is 0.0213. The fraction of sp³-hybridized carbons (Fsp3) is 0.615. The second-order valence-corrected chi connectivity index (χ2v) is 5.37. The second-order valence-electron chi connectivity index (χ2n) is 5.37. The van der Waals surface area contributed by atoms with Gasteiger partial charge in [-0.15, -0.1) is 0 Å². The Morgan fingerprint density at radius 1 is 1.55 bits per heavy atom. The van der Waals surface area contributed by atoms with Gasteiger partial charge in [0.1, 0.15) is 5.76 Å². The number of carbonyl (C=O) groups excluding carboxylic acids is 2. The first-order valence-electron chi connectivity index (χ1n) is 6.66. The van der Waals surface area contributed by atoms with Gasteiger partial charge in [0.2, 0.25) is 11.8 Å². The number of anilines is 1. The van der Waals surface area contributed by atoms with Gasteiger partial charge in [-0.3, -0.25) is 9.59 Å². The summed E-state index contributed by atoms with van der Waals surface area (Å²) in [7, 11) is 1.62. The predicted octanol–water partition coefficient (Wildman–Crippen LogP) is 0.509. The Balaban J connectivity index is 1.89. The number of nitrogens with zero attached hydrogens (tertiary/aromatic N) is 2. The Kier molecular flexibility index (Phi) is 4.08. The van der Waals surface area contributed by atoms with Gasteiger partial charge in [0.15, 0.2) is 5.82 Å². The van der Waals surface area contributed by atoms with E-state index in [4.69, 9.17) is 10.3 Å². The molecule has 0 spiro atoms. The topological polar surface area (TPSA) is 101 Å². The quantitative estimate of drug-likeness (QED) is 0.818. The normalized spacial score (nSPS) is 16.4. The molecule has 0 unspecified atom stereocenters. The van der Waals surface area contributed by atoms with Crippen LogP contribution >= 0.6 is 0 Å². The van der Waals surface area contributed by atoms with Crippen LogP contribution in [0.5, 0.6) is 0 Å². The first kappa shape index (κ1) is 14.5. The highest BCUT2D eigenvalue weighted by molar-refractivity contribution is 5.94. The van der Waals surface area contributed by atoms with E-state index in [1.807, 2.05) is 0 Å². The molecule has 2 rings (SSSR count). The van der Waals surface area contributed by atoms with Crippen LogP contribution in [0, 0.1) is 12.3 Å². The Labute approximate surface area is 117 Å². The lowest BCUT2D eigenvalue weighted by molar-refractivity contribution is -0.146. The molecule has 1 heterocycles. The van der Waals surface area contributed by atoms with Crippen molar-refractivity contribution in [3.8, 4) is 0 Å². The zero-order valence-electron chi connectivity index (χ0n) is 11.8. The smallest absolute Gasteiger partial charge is 0.245 e. The van der Waals surface area contributed by atoms with Gasteiger partial charge in [0.25, 0.3) is 0 Å². The zero-order valence-corrected chi connectivity index (χ0v) is 11.8. The first-order chi connectivity index (χ1) is 9.47. The Morgan fingerprint density at radius 3 is 2.70 bits per heavy atom. The molecule has 20 heavy (non-hydrogen) atoms. The van der Waals surface area contributed by atoms with Crippen LogP contribution in [0.15, 0.2) is 10.6 Å². The highest BCUT2D eigenvalue weighted by Crippen LogP contribution is 2.41. The second kappa shape index (κ2) is 5.62. The number of nitrogens with one attached hydrogen (secondary N) is 1. The largest absolute Gasteiger partial charge is 0.360 e. The molecule has 0 aliphatic heterocycles. The number of amides is 2. The SMILES string of the molecule is Cc1cc(NC(=O)CN(C)C(=O)C2(CN)CCC2)no1. The van der Waals surface area contributed by atoms with Crippen LogP contribution in [0.4, 0.5) is 5.82 Å². The number of aromatic nitrogens is 1. The van der Waals surface area contributed by atoms with Gasteiger partial charge < -0.3 is 20.5 Å². The fourth-order valence-electron chi connectivity index (χ4n) is 2.41. The number of nitrogens with two attached hydrogens (primary N) is 1. The minimum atomic E-state index is -0.459. The van der Waals surface area contributed by atoms with Crippen molar-refractivity contribution in [3.63, 3.8) is 0 Å². The minimum Gasteiger partial charge on any atom is -0.360 e. The molecule has 2 amide bonds. The average Bonchev–Trinajstić information content (AvgIpc) is 2.73. The van der Waals surface area contributed by atoms with Crippen LogP contribution in [0.3, 0.4) is 0 Å². The molecule has 7 nitrogen and oxygen atoms in total. The molecule has 3 N–H and O–H groups in total. The van der Waals surface area contributed by atoms with E-state index in [1.165, 1.54) is 4.90 Å². The summed E-state index contributed by atoms with van der Waals surface area (Å²) >= 11 is 0. The molecule has 1 aromatic heterocycles. The predicted molar refractivity (Wildman–Crippen MR) is 72.8 cm³/mol. The molecule has 1 aromatic rings. The van der Waals surface area contributed by atoms with Crippen molar-refractivity contribution in [2.45, 2.75) is 26.2 Å². The van der Waals surface area contributed by atoms with Crippen LogP contribution < -0.4 is 11.1 Å². The molecule has 0 saturated heterocycles. The van der Waals surface area contributed by atoms with Crippen molar-refractivity contribution >= 4 is 17.6 Å². The number of rotatable bonds is 5. The molecule has 1 aliphatic carbocycles. The van der Waals surface area contributed by atoms with Gasteiger partial charge in [-0.05, 0) is 19.8 Å². The van der Waals surface area contributed by atoms with Crippen LogP contribution in [-0.4, -0.2) is 42.0 Å². The van der Waals surface area contributed by atoms with E-state index in [0.717, 1.165) is 19.3 Å². The highest BCUT2D eigenvalue weighted by atomic mass is 16.5. The molecule has 0 bridgehead atoms. The average molecular weight is 280 g/mol. The van der Waals surface area contributed by atoms with E-state index in [9.17, 15) is 9.59 Å². The van der Waals surface area contributed by atoms with Gasteiger partial charge >= 0.3 is 0 Å². The Morgan fingerprint density at radius 2 is 2.25 bits per heavy atom. The van der Waals surface area contributed by atoms with Gasteiger partial charge in [-0.1, -0.05) is 11.6 Å². The van der Waals surface area contributed by atoms with E-state index in [1.54, 1.807) is 20.0 Å². The fourth-order valence-corrected chi connectivity index (χ4v) is 2.41. The Hall–Kier alpha value is -1.89. The first-order valence-corrected chi connectivity index (χ1v) is 6.66. The molecular weight excluding hydrogens is 260 g/mol. The van der Waals surface area contributed by atoms with Gasteiger partial charge in [0, 0.05) is 19.7 Å². The monoisotopic (exact) mass is 280 g/mol. The summed E-state index contributed by atoms with van der Waals surface area (Å²) in [5.41, 5.74) is 5.24. The maximum Gasteiger partial charge on any atom is 0.245 e. The molecule has 1 fully saturated rings. The van der Waals surface area contributed by atoms with Gasteiger partial charge in [-0.2, -0.15) is 0 Å². The molecule has 0 atom stereocenters. The van der Waals surface area contributed by atoms with E-state index in [-0.39, 0.29) is 18.4 Å². The number of hydrogen-bond donors (Lipinski definition) is 2. The van der Waals surface area contributed by atoms with Gasteiger partial charge in [-0.25, -0.2) is 0 Å². The summed E-state index contributed by atoms with van der Waals surface area (Å²) in [6, 6.07) is 1.62. The third kappa shape index (κ3) is 2.82. The van der Waals surface area contributed by atoms with Gasteiger partial charge in [0.05, 0.1) is 12.0 Å². The van der Waals surface area contributed by atoms with Crippen molar-refractivity contribution in [2.75, 3.05) is 25.5 Å². The molecule has 7 heteroatoms. The highest BCUT2D eigenvalue weighted by Gasteiger charge is 2.44. The molecule has 110 valence electrons. The van der Waals surface area contributed by atoms with Crippen molar-refractivity contribution < 1.29 is 14.1 Å². The summed E-state index contributed by atoms with van der Waals surface area (Å²) < 4.78 is 4.85. The molecule has 0 aromatic carbocycles. The number of likely N-dealkylation sites (N-methyl/N-ethyl adjacent to an activating group) is 1. The lowest BCUT2D eigenvalue weighted by Crippen LogP contribution is -2.52. The summed E-state index contributed by atoms with van der Waals surface area (Å²) in [4.78, 5) is 25.6. The molecule has 1 aliphatic rings. The van der Waals surface area contributed by atoms with E-state index in [0.29, 0.717) is 18.1 Å². The van der Waals surface area contributed by atoms with Crippen LogP contribution in [0.2, 0.25) is 0 Å². The summed E-state index contributed by atoms with van der Waals surface area (Å²) in [6.07, 6.45) is 2.62. The maximum absolute atomic E-state index is 12.3. The van der Waals surface area contributed by atoms with Crippen LogP contribution in [-0.2, 0) is 9.59 Å². The van der Waals surface area contributed by atoms with E-state index < -0.39 is 5.41 Å². The number of hydrogen-bond acceptors (Lipinski definition) is 5. The summed E-state index contributed by atoms with van der Waals surface area (Å²) in [6.45, 7) is 2.05.